The standard InChI is InChI=1S/C15H29N3O2/c1-16-15(18-13-6-2-3-7-13)17-9-5-10-19-12-14-8-4-11-20-14/h13-14H,2-12H2,1H3,(H2,16,17,18). The van der Waals surface area contributed by atoms with Gasteiger partial charge in [-0.25, -0.2) is 0 Å². The fourth-order valence-electron chi connectivity index (χ4n) is 2.83. The Labute approximate surface area is 122 Å². The maximum atomic E-state index is 5.64. The van der Waals surface area contributed by atoms with Crippen molar-refractivity contribution in [2.75, 3.05) is 33.4 Å². The number of ether oxygens (including phenoxy) is 2. The first-order chi connectivity index (χ1) is 9.88. The molecule has 20 heavy (non-hydrogen) atoms. The van der Waals surface area contributed by atoms with E-state index in [2.05, 4.69) is 15.6 Å². The molecule has 116 valence electrons. The highest BCUT2D eigenvalue weighted by Gasteiger charge is 2.16. The van der Waals surface area contributed by atoms with Gasteiger partial charge in [-0.15, -0.1) is 0 Å². The number of nitrogens with one attached hydrogen (secondary N) is 2. The van der Waals surface area contributed by atoms with E-state index >= 15 is 0 Å². The molecule has 0 aromatic carbocycles. The number of hydrogen-bond donors (Lipinski definition) is 2. The fraction of sp³-hybridized carbons (Fsp3) is 0.933. The highest BCUT2D eigenvalue weighted by molar-refractivity contribution is 5.79. The van der Waals surface area contributed by atoms with E-state index < -0.39 is 0 Å². The Bertz CT molecular complexity index is 285. The summed E-state index contributed by atoms with van der Waals surface area (Å²) in [6.45, 7) is 3.33. The van der Waals surface area contributed by atoms with E-state index in [4.69, 9.17) is 9.47 Å². The maximum Gasteiger partial charge on any atom is 0.191 e. The highest BCUT2D eigenvalue weighted by atomic mass is 16.5. The molecule has 0 radical (unpaired) electrons. The number of guanidine groups is 1. The van der Waals surface area contributed by atoms with Crippen molar-refractivity contribution >= 4 is 5.96 Å². The molecule has 1 saturated carbocycles. The molecule has 2 fully saturated rings. The Morgan fingerprint density at radius 3 is 2.80 bits per heavy atom. The lowest BCUT2D eigenvalue weighted by atomic mass is 10.2. The minimum absolute atomic E-state index is 0.333. The van der Waals surface area contributed by atoms with Gasteiger partial charge in [0.15, 0.2) is 5.96 Å². The molecule has 0 amide bonds. The van der Waals surface area contributed by atoms with Gasteiger partial charge in [0.25, 0.3) is 0 Å². The first-order valence-corrected chi connectivity index (χ1v) is 8.05. The lowest BCUT2D eigenvalue weighted by Gasteiger charge is -2.17. The zero-order valence-electron chi connectivity index (χ0n) is 12.7. The van der Waals surface area contributed by atoms with Crippen LogP contribution < -0.4 is 10.6 Å². The molecule has 1 heterocycles. The largest absolute Gasteiger partial charge is 0.379 e. The second kappa shape index (κ2) is 9.19. The molecule has 5 nitrogen and oxygen atoms in total. The van der Waals surface area contributed by atoms with Gasteiger partial charge in [-0.3, -0.25) is 4.99 Å². The summed E-state index contributed by atoms with van der Waals surface area (Å²) >= 11 is 0. The van der Waals surface area contributed by atoms with Crippen LogP contribution in [0.15, 0.2) is 4.99 Å². The van der Waals surface area contributed by atoms with E-state index in [0.717, 1.165) is 45.2 Å². The zero-order chi connectivity index (χ0) is 14.0. The van der Waals surface area contributed by atoms with Crippen molar-refractivity contribution in [1.82, 2.24) is 10.6 Å². The number of rotatable bonds is 7. The minimum atomic E-state index is 0.333. The third kappa shape index (κ3) is 5.67. The molecule has 0 bridgehead atoms. The summed E-state index contributed by atoms with van der Waals surface area (Å²) in [4.78, 5) is 4.27. The van der Waals surface area contributed by atoms with Gasteiger partial charge in [0.2, 0.25) is 0 Å². The minimum Gasteiger partial charge on any atom is -0.379 e. The topological polar surface area (TPSA) is 54.9 Å². The van der Waals surface area contributed by atoms with Crippen LogP contribution in [0.1, 0.15) is 44.9 Å². The first-order valence-electron chi connectivity index (χ1n) is 8.05. The smallest absolute Gasteiger partial charge is 0.191 e. The van der Waals surface area contributed by atoms with E-state index in [1.807, 2.05) is 7.05 Å². The van der Waals surface area contributed by atoms with Gasteiger partial charge in [-0.2, -0.15) is 0 Å². The molecule has 2 aliphatic rings. The molecular formula is C15H29N3O2. The predicted octanol–water partition coefficient (Wildman–Crippen LogP) is 1.68. The summed E-state index contributed by atoms with van der Waals surface area (Å²) in [5.74, 6) is 0.927. The molecule has 1 atom stereocenters. The molecule has 1 unspecified atom stereocenters. The van der Waals surface area contributed by atoms with Gasteiger partial charge in [0, 0.05) is 32.8 Å². The molecule has 1 aliphatic heterocycles. The van der Waals surface area contributed by atoms with Crippen LogP contribution >= 0.6 is 0 Å². The van der Waals surface area contributed by atoms with Crippen molar-refractivity contribution in [3.8, 4) is 0 Å². The van der Waals surface area contributed by atoms with Crippen LogP contribution in [0.3, 0.4) is 0 Å². The van der Waals surface area contributed by atoms with Gasteiger partial charge >= 0.3 is 0 Å². The monoisotopic (exact) mass is 283 g/mol. The van der Waals surface area contributed by atoms with Crippen molar-refractivity contribution in [1.29, 1.82) is 0 Å². The molecule has 2 rings (SSSR count). The lowest BCUT2D eigenvalue weighted by Crippen LogP contribution is -2.42. The maximum absolute atomic E-state index is 5.64. The van der Waals surface area contributed by atoms with Gasteiger partial charge in [-0.1, -0.05) is 12.8 Å². The normalized spacial score (nSPS) is 24.2. The number of hydrogen-bond acceptors (Lipinski definition) is 3. The third-order valence-electron chi connectivity index (χ3n) is 4.01. The van der Waals surface area contributed by atoms with Crippen LogP contribution in [0.2, 0.25) is 0 Å². The summed E-state index contributed by atoms with van der Waals surface area (Å²) in [6, 6.07) is 0.608. The van der Waals surface area contributed by atoms with E-state index in [0.29, 0.717) is 12.1 Å². The average molecular weight is 283 g/mol. The molecule has 2 N–H and O–H groups in total. The zero-order valence-corrected chi connectivity index (χ0v) is 12.7. The fourth-order valence-corrected chi connectivity index (χ4v) is 2.83. The molecule has 0 aromatic heterocycles. The summed E-state index contributed by atoms with van der Waals surface area (Å²) in [5, 5.41) is 6.83. The quantitative estimate of drug-likeness (QED) is 0.424. The van der Waals surface area contributed by atoms with Gasteiger partial charge in [0.1, 0.15) is 0 Å². The predicted molar refractivity (Wildman–Crippen MR) is 81.2 cm³/mol. The van der Waals surface area contributed by atoms with Crippen LogP contribution in [-0.2, 0) is 9.47 Å². The van der Waals surface area contributed by atoms with E-state index in [1.54, 1.807) is 0 Å². The first kappa shape index (κ1) is 15.6. The van der Waals surface area contributed by atoms with Gasteiger partial charge in [-0.05, 0) is 32.1 Å². The van der Waals surface area contributed by atoms with Crippen LogP contribution in [0.25, 0.3) is 0 Å². The molecule has 1 aliphatic carbocycles. The summed E-state index contributed by atoms with van der Waals surface area (Å²) < 4.78 is 11.2. The molecule has 0 aromatic rings. The van der Waals surface area contributed by atoms with Crippen LogP contribution in [0.5, 0.6) is 0 Å². The summed E-state index contributed by atoms with van der Waals surface area (Å²) in [7, 11) is 1.83. The summed E-state index contributed by atoms with van der Waals surface area (Å²) in [5.41, 5.74) is 0. The van der Waals surface area contributed by atoms with Crippen LogP contribution in [0, 0.1) is 0 Å². The molecule has 1 saturated heterocycles. The van der Waals surface area contributed by atoms with Crippen molar-refractivity contribution in [3.63, 3.8) is 0 Å². The summed E-state index contributed by atoms with van der Waals surface area (Å²) in [6.07, 6.45) is 8.88. The Balaban J connectivity index is 1.46. The van der Waals surface area contributed by atoms with Crippen molar-refractivity contribution < 1.29 is 9.47 Å². The average Bonchev–Trinajstić information content (AvgIpc) is 3.14. The Kier molecular flexibility index (Phi) is 7.15. The second-order valence-electron chi connectivity index (χ2n) is 5.69. The van der Waals surface area contributed by atoms with Crippen molar-refractivity contribution in [2.24, 2.45) is 4.99 Å². The van der Waals surface area contributed by atoms with E-state index in [9.17, 15) is 0 Å². The number of aliphatic imine (C=N–C) groups is 1. The third-order valence-corrected chi connectivity index (χ3v) is 4.01. The lowest BCUT2D eigenvalue weighted by molar-refractivity contribution is 0.0168. The van der Waals surface area contributed by atoms with E-state index in [-0.39, 0.29) is 0 Å². The highest BCUT2D eigenvalue weighted by Crippen LogP contribution is 2.17. The molecule has 5 heteroatoms. The van der Waals surface area contributed by atoms with Gasteiger partial charge in [0.05, 0.1) is 12.7 Å². The van der Waals surface area contributed by atoms with Crippen LogP contribution in [-0.4, -0.2) is 51.5 Å². The van der Waals surface area contributed by atoms with E-state index in [1.165, 1.54) is 32.1 Å². The van der Waals surface area contributed by atoms with Gasteiger partial charge < -0.3 is 20.1 Å². The SMILES string of the molecule is CN=C(NCCCOCC1CCCO1)NC1CCCC1. The molecule has 0 spiro atoms. The Morgan fingerprint density at radius 2 is 2.10 bits per heavy atom. The number of nitrogens with zero attached hydrogens (tertiary/aromatic N) is 1. The van der Waals surface area contributed by atoms with Crippen molar-refractivity contribution in [3.05, 3.63) is 0 Å². The van der Waals surface area contributed by atoms with Crippen LogP contribution in [0.4, 0.5) is 0 Å². The second-order valence-corrected chi connectivity index (χ2v) is 5.69. The molecular weight excluding hydrogens is 254 g/mol. The Morgan fingerprint density at radius 1 is 1.25 bits per heavy atom. The van der Waals surface area contributed by atoms with Crippen molar-refractivity contribution in [2.45, 2.75) is 57.1 Å². The Hall–Kier alpha value is -0.810.